The first-order valence-corrected chi connectivity index (χ1v) is 6.02. The van der Waals surface area contributed by atoms with Crippen LogP contribution in [-0.2, 0) is 0 Å². The third-order valence-corrected chi connectivity index (χ3v) is 3.13. The summed E-state index contributed by atoms with van der Waals surface area (Å²) in [6, 6.07) is 13.4. The molecule has 0 amide bonds. The molecule has 0 aliphatic rings. The van der Waals surface area contributed by atoms with E-state index in [0.717, 1.165) is 27.6 Å². The van der Waals surface area contributed by atoms with Crippen LogP contribution in [-0.4, -0.2) is 13.3 Å². The van der Waals surface area contributed by atoms with E-state index in [-0.39, 0.29) is 0 Å². The average molecular weight is 260 g/mol. The molecule has 92 valence electrons. The van der Waals surface area contributed by atoms with Crippen molar-refractivity contribution in [3.8, 4) is 5.75 Å². The van der Waals surface area contributed by atoms with E-state index in [1.165, 1.54) is 0 Å². The predicted octanol–water partition coefficient (Wildman–Crippen LogP) is 4.41. The fourth-order valence-corrected chi connectivity index (χ4v) is 1.82. The van der Waals surface area contributed by atoms with Crippen LogP contribution in [0.3, 0.4) is 0 Å². The maximum absolute atomic E-state index is 6.06. The summed E-state index contributed by atoms with van der Waals surface area (Å²) in [5, 5.41) is 0.727. The topological polar surface area (TPSA) is 21.6 Å². The molecule has 0 atom stereocenters. The molecule has 0 saturated heterocycles. The Hall–Kier alpha value is -1.80. The zero-order valence-electron chi connectivity index (χ0n) is 10.4. The van der Waals surface area contributed by atoms with Crippen LogP contribution in [0.2, 0.25) is 5.02 Å². The lowest BCUT2D eigenvalue weighted by molar-refractivity contribution is 0.414. The van der Waals surface area contributed by atoms with Gasteiger partial charge in [0.15, 0.2) is 0 Å². The molecule has 0 saturated carbocycles. The van der Waals surface area contributed by atoms with Crippen molar-refractivity contribution in [2.75, 3.05) is 7.11 Å². The minimum atomic E-state index is 0.727. The first-order chi connectivity index (χ1) is 8.72. The number of ether oxygens (including phenoxy) is 1. The van der Waals surface area contributed by atoms with E-state index in [1.807, 2.05) is 49.4 Å². The number of aliphatic imine (C=N–C) groups is 1. The van der Waals surface area contributed by atoms with Gasteiger partial charge in [-0.2, -0.15) is 0 Å². The highest BCUT2D eigenvalue weighted by Crippen LogP contribution is 2.25. The third kappa shape index (κ3) is 2.71. The molecule has 2 aromatic rings. The Morgan fingerprint density at radius 2 is 1.89 bits per heavy atom. The molecular weight excluding hydrogens is 246 g/mol. The number of rotatable bonds is 3. The van der Waals surface area contributed by atoms with E-state index in [0.29, 0.717) is 0 Å². The highest BCUT2D eigenvalue weighted by atomic mass is 35.5. The molecule has 2 aromatic carbocycles. The van der Waals surface area contributed by atoms with E-state index in [4.69, 9.17) is 16.3 Å². The molecule has 0 unspecified atom stereocenters. The fraction of sp³-hybridized carbons (Fsp3) is 0.133. The van der Waals surface area contributed by atoms with Crippen molar-refractivity contribution in [2.24, 2.45) is 4.99 Å². The molecule has 0 fully saturated rings. The van der Waals surface area contributed by atoms with Crippen molar-refractivity contribution in [2.45, 2.75) is 6.92 Å². The zero-order valence-corrected chi connectivity index (χ0v) is 11.1. The number of nitrogens with zero attached hydrogens (tertiary/aromatic N) is 1. The van der Waals surface area contributed by atoms with Gasteiger partial charge in [0.05, 0.1) is 12.8 Å². The van der Waals surface area contributed by atoms with E-state index < -0.39 is 0 Å². The first kappa shape index (κ1) is 12.7. The summed E-state index contributed by atoms with van der Waals surface area (Å²) >= 11 is 6.06. The maximum Gasteiger partial charge on any atom is 0.127 e. The van der Waals surface area contributed by atoms with Gasteiger partial charge in [-0.3, -0.25) is 4.99 Å². The lowest BCUT2D eigenvalue weighted by Crippen LogP contribution is -1.89. The lowest BCUT2D eigenvalue weighted by Gasteiger charge is -2.04. The Kier molecular flexibility index (Phi) is 4.00. The molecule has 0 spiro atoms. The fourth-order valence-electron chi connectivity index (χ4n) is 1.65. The minimum Gasteiger partial charge on any atom is -0.496 e. The molecule has 2 rings (SSSR count). The number of methoxy groups -OCH3 is 1. The lowest BCUT2D eigenvalue weighted by atomic mass is 10.2. The number of hydrogen-bond acceptors (Lipinski definition) is 2. The molecule has 2 nitrogen and oxygen atoms in total. The van der Waals surface area contributed by atoms with Crippen molar-refractivity contribution in [3.05, 3.63) is 58.6 Å². The number of halogens is 1. The molecule has 0 radical (unpaired) electrons. The van der Waals surface area contributed by atoms with Gasteiger partial charge in [0.2, 0.25) is 0 Å². The number of benzene rings is 2. The largest absolute Gasteiger partial charge is 0.496 e. The van der Waals surface area contributed by atoms with Gasteiger partial charge in [0.1, 0.15) is 5.75 Å². The van der Waals surface area contributed by atoms with Crippen LogP contribution in [0.15, 0.2) is 47.5 Å². The van der Waals surface area contributed by atoms with Crippen LogP contribution < -0.4 is 4.74 Å². The normalized spacial score (nSPS) is 10.8. The molecule has 0 aromatic heterocycles. The second-order valence-corrected chi connectivity index (χ2v) is 4.29. The summed E-state index contributed by atoms with van der Waals surface area (Å²) in [4.78, 5) is 4.46. The highest BCUT2D eigenvalue weighted by molar-refractivity contribution is 6.31. The quantitative estimate of drug-likeness (QED) is 0.749. The van der Waals surface area contributed by atoms with Gasteiger partial charge >= 0.3 is 0 Å². The monoisotopic (exact) mass is 259 g/mol. The van der Waals surface area contributed by atoms with E-state index >= 15 is 0 Å². The average Bonchev–Trinajstić information content (AvgIpc) is 2.41. The van der Waals surface area contributed by atoms with Crippen molar-refractivity contribution in [1.29, 1.82) is 0 Å². The van der Waals surface area contributed by atoms with Crippen molar-refractivity contribution in [1.82, 2.24) is 0 Å². The van der Waals surface area contributed by atoms with Crippen LogP contribution in [0, 0.1) is 6.92 Å². The van der Waals surface area contributed by atoms with Crippen LogP contribution >= 0.6 is 11.6 Å². The SMILES string of the molecule is COc1ccccc1C=Nc1cccc(Cl)c1C. The maximum atomic E-state index is 6.06. The first-order valence-electron chi connectivity index (χ1n) is 5.64. The van der Waals surface area contributed by atoms with Crippen LogP contribution in [0.4, 0.5) is 5.69 Å². The summed E-state index contributed by atoms with van der Waals surface area (Å²) in [6.45, 7) is 1.96. The Labute approximate surface area is 112 Å². The second kappa shape index (κ2) is 5.69. The van der Waals surface area contributed by atoms with E-state index in [9.17, 15) is 0 Å². The van der Waals surface area contributed by atoms with Gasteiger partial charge in [-0.25, -0.2) is 0 Å². The van der Waals surface area contributed by atoms with Crippen LogP contribution in [0.1, 0.15) is 11.1 Å². The Morgan fingerprint density at radius 1 is 1.11 bits per heavy atom. The number of para-hydroxylation sites is 1. The Balaban J connectivity index is 2.33. The molecule has 0 bridgehead atoms. The molecule has 0 heterocycles. The number of hydrogen-bond donors (Lipinski definition) is 0. The highest BCUT2D eigenvalue weighted by Gasteiger charge is 2.01. The molecule has 0 N–H and O–H groups in total. The molecular formula is C15H14ClNO. The predicted molar refractivity (Wildman–Crippen MR) is 76.4 cm³/mol. The zero-order chi connectivity index (χ0) is 13.0. The van der Waals surface area contributed by atoms with E-state index in [2.05, 4.69) is 4.99 Å². The summed E-state index contributed by atoms with van der Waals surface area (Å²) in [5.41, 5.74) is 2.79. The Bertz CT molecular complexity index is 578. The van der Waals surface area contributed by atoms with E-state index in [1.54, 1.807) is 13.3 Å². The molecule has 18 heavy (non-hydrogen) atoms. The molecule has 0 aliphatic heterocycles. The van der Waals surface area contributed by atoms with Crippen LogP contribution in [0.25, 0.3) is 0 Å². The second-order valence-electron chi connectivity index (χ2n) is 3.88. The minimum absolute atomic E-state index is 0.727. The van der Waals surface area contributed by atoms with Gasteiger partial charge in [0, 0.05) is 16.8 Å². The third-order valence-electron chi connectivity index (χ3n) is 2.72. The van der Waals surface area contributed by atoms with Gasteiger partial charge in [-0.1, -0.05) is 29.8 Å². The summed E-state index contributed by atoms with van der Waals surface area (Å²) in [6.07, 6.45) is 1.79. The standard InChI is InChI=1S/C15H14ClNO/c1-11-13(16)7-5-8-14(11)17-10-12-6-3-4-9-15(12)18-2/h3-10H,1-2H3. The van der Waals surface area contributed by atoms with Gasteiger partial charge < -0.3 is 4.74 Å². The molecule has 0 aliphatic carbocycles. The summed E-state index contributed by atoms with van der Waals surface area (Å²) in [7, 11) is 1.65. The van der Waals surface area contributed by atoms with Gasteiger partial charge in [-0.15, -0.1) is 0 Å². The van der Waals surface area contributed by atoms with Crippen molar-refractivity contribution in [3.63, 3.8) is 0 Å². The van der Waals surface area contributed by atoms with Crippen molar-refractivity contribution < 1.29 is 4.74 Å². The Morgan fingerprint density at radius 3 is 2.67 bits per heavy atom. The van der Waals surface area contributed by atoms with Gasteiger partial charge in [0.25, 0.3) is 0 Å². The smallest absolute Gasteiger partial charge is 0.127 e. The van der Waals surface area contributed by atoms with Crippen LogP contribution in [0.5, 0.6) is 5.75 Å². The molecule has 3 heteroatoms. The van der Waals surface area contributed by atoms with Crippen molar-refractivity contribution >= 4 is 23.5 Å². The summed E-state index contributed by atoms with van der Waals surface area (Å²) < 4.78 is 5.27. The van der Waals surface area contributed by atoms with Gasteiger partial charge in [-0.05, 0) is 36.8 Å². The summed E-state index contributed by atoms with van der Waals surface area (Å²) in [5.74, 6) is 0.806.